The van der Waals surface area contributed by atoms with E-state index < -0.39 is 12.0 Å². The largest absolute Gasteiger partial charge is 0.480 e. The molecule has 0 aliphatic carbocycles. The minimum atomic E-state index is -0.967. The zero-order valence-corrected chi connectivity index (χ0v) is 11.8. The van der Waals surface area contributed by atoms with Gasteiger partial charge < -0.3 is 10.4 Å². The summed E-state index contributed by atoms with van der Waals surface area (Å²) in [6.07, 6.45) is 0.643. The standard InChI is InChI=1S/C14H17NO3S/c1-8-3-4-10(5-9(8)2)6-12-13(16)15-11(7-19-12)14(17)18/h3-5,11-12H,6-7H2,1-2H3,(H,15,16)(H,17,18)/t11-,12+/m1/s1. The molecule has 1 aromatic rings. The van der Waals surface area contributed by atoms with Gasteiger partial charge in [0.1, 0.15) is 6.04 Å². The molecule has 1 aliphatic heterocycles. The van der Waals surface area contributed by atoms with Crippen LogP contribution < -0.4 is 5.32 Å². The van der Waals surface area contributed by atoms with E-state index in [9.17, 15) is 9.59 Å². The number of hydrogen-bond donors (Lipinski definition) is 2. The summed E-state index contributed by atoms with van der Waals surface area (Å²) in [5, 5.41) is 11.2. The third-order valence-electron chi connectivity index (χ3n) is 3.36. The number of carbonyl (C=O) groups is 2. The first-order valence-corrected chi connectivity index (χ1v) is 7.23. The predicted octanol–water partition coefficient (Wildman–Crippen LogP) is 1.53. The van der Waals surface area contributed by atoms with Crippen LogP contribution in [-0.2, 0) is 16.0 Å². The van der Waals surface area contributed by atoms with E-state index in [0.717, 1.165) is 5.56 Å². The van der Waals surface area contributed by atoms with Crippen LogP contribution in [-0.4, -0.2) is 34.0 Å². The van der Waals surface area contributed by atoms with E-state index in [1.54, 1.807) is 0 Å². The number of carboxylic acid groups (broad SMARTS) is 1. The molecular formula is C14H17NO3S. The highest BCUT2D eigenvalue weighted by molar-refractivity contribution is 8.00. The van der Waals surface area contributed by atoms with Gasteiger partial charge in [-0.1, -0.05) is 18.2 Å². The number of nitrogens with one attached hydrogen (secondary N) is 1. The fraction of sp³-hybridized carbons (Fsp3) is 0.429. The molecule has 1 heterocycles. The Hall–Kier alpha value is -1.49. The molecule has 19 heavy (non-hydrogen) atoms. The van der Waals surface area contributed by atoms with Crippen LogP contribution in [0.3, 0.4) is 0 Å². The lowest BCUT2D eigenvalue weighted by Crippen LogP contribution is -2.51. The van der Waals surface area contributed by atoms with Gasteiger partial charge in [-0.25, -0.2) is 4.79 Å². The van der Waals surface area contributed by atoms with E-state index in [4.69, 9.17) is 5.11 Å². The molecule has 1 aromatic carbocycles. The zero-order chi connectivity index (χ0) is 14.0. The van der Waals surface area contributed by atoms with Crippen LogP contribution in [0.4, 0.5) is 0 Å². The Morgan fingerprint density at radius 1 is 1.42 bits per heavy atom. The maximum absolute atomic E-state index is 11.9. The second-order valence-electron chi connectivity index (χ2n) is 4.84. The second kappa shape index (κ2) is 5.65. The molecule has 5 heteroatoms. The molecule has 0 bridgehead atoms. The van der Waals surface area contributed by atoms with E-state index in [2.05, 4.69) is 24.4 Å². The number of thioether (sulfide) groups is 1. The summed E-state index contributed by atoms with van der Waals surface area (Å²) < 4.78 is 0. The molecule has 1 fully saturated rings. The van der Waals surface area contributed by atoms with Gasteiger partial charge in [-0.05, 0) is 37.0 Å². The van der Waals surface area contributed by atoms with Crippen molar-refractivity contribution >= 4 is 23.6 Å². The summed E-state index contributed by atoms with van der Waals surface area (Å²) in [6.45, 7) is 4.10. The van der Waals surface area contributed by atoms with Crippen LogP contribution in [0.1, 0.15) is 16.7 Å². The second-order valence-corrected chi connectivity index (χ2v) is 6.08. The SMILES string of the molecule is Cc1ccc(C[C@@H]2SC[C@H](C(=O)O)NC2=O)cc1C. The van der Waals surface area contributed by atoms with E-state index in [0.29, 0.717) is 12.2 Å². The van der Waals surface area contributed by atoms with Gasteiger partial charge in [0.2, 0.25) is 5.91 Å². The smallest absolute Gasteiger partial charge is 0.327 e. The third kappa shape index (κ3) is 3.29. The Morgan fingerprint density at radius 3 is 2.74 bits per heavy atom. The number of carboxylic acids is 1. The summed E-state index contributed by atoms with van der Waals surface area (Å²) in [5.41, 5.74) is 3.56. The average Bonchev–Trinajstić information content (AvgIpc) is 2.36. The van der Waals surface area contributed by atoms with Crippen molar-refractivity contribution in [2.45, 2.75) is 31.6 Å². The minimum Gasteiger partial charge on any atom is -0.480 e. The van der Waals surface area contributed by atoms with Crippen LogP contribution in [0.25, 0.3) is 0 Å². The Balaban J connectivity index is 2.02. The van der Waals surface area contributed by atoms with Crippen molar-refractivity contribution in [2.24, 2.45) is 0 Å². The average molecular weight is 279 g/mol. The van der Waals surface area contributed by atoms with Gasteiger partial charge in [-0.2, -0.15) is 0 Å². The summed E-state index contributed by atoms with van der Waals surface area (Å²) in [4.78, 5) is 22.7. The molecular weight excluding hydrogens is 262 g/mol. The van der Waals surface area contributed by atoms with Crippen molar-refractivity contribution in [1.82, 2.24) is 5.32 Å². The van der Waals surface area contributed by atoms with Crippen LogP contribution in [0.2, 0.25) is 0 Å². The molecule has 0 aromatic heterocycles. The molecule has 4 nitrogen and oxygen atoms in total. The highest BCUT2D eigenvalue weighted by atomic mass is 32.2. The fourth-order valence-electron chi connectivity index (χ4n) is 2.02. The zero-order valence-electron chi connectivity index (χ0n) is 11.0. The van der Waals surface area contributed by atoms with Crippen molar-refractivity contribution in [3.8, 4) is 0 Å². The summed E-state index contributed by atoms with van der Waals surface area (Å²) in [5.74, 6) is -0.719. The van der Waals surface area contributed by atoms with Crippen LogP contribution in [0, 0.1) is 13.8 Å². The number of hydrogen-bond acceptors (Lipinski definition) is 3. The molecule has 2 atom stereocenters. The molecule has 0 spiro atoms. The number of rotatable bonds is 3. The van der Waals surface area contributed by atoms with Gasteiger partial charge >= 0.3 is 5.97 Å². The fourth-order valence-corrected chi connectivity index (χ4v) is 3.20. The first-order chi connectivity index (χ1) is 8.97. The first-order valence-electron chi connectivity index (χ1n) is 6.18. The van der Waals surface area contributed by atoms with Gasteiger partial charge in [0.25, 0.3) is 0 Å². The van der Waals surface area contributed by atoms with Crippen molar-refractivity contribution in [3.05, 3.63) is 34.9 Å². The van der Waals surface area contributed by atoms with Crippen molar-refractivity contribution < 1.29 is 14.7 Å². The van der Waals surface area contributed by atoms with E-state index in [-0.39, 0.29) is 11.2 Å². The normalized spacial score (nSPS) is 22.9. The predicted molar refractivity (Wildman–Crippen MR) is 75.4 cm³/mol. The monoisotopic (exact) mass is 279 g/mol. The lowest BCUT2D eigenvalue weighted by Gasteiger charge is -2.26. The van der Waals surface area contributed by atoms with Gasteiger partial charge in [-0.3, -0.25) is 4.79 Å². The number of benzene rings is 1. The van der Waals surface area contributed by atoms with Gasteiger partial charge in [-0.15, -0.1) is 11.8 Å². The van der Waals surface area contributed by atoms with E-state index in [1.807, 2.05) is 13.0 Å². The topological polar surface area (TPSA) is 66.4 Å². The van der Waals surface area contributed by atoms with Gasteiger partial charge in [0.15, 0.2) is 0 Å². The molecule has 0 saturated carbocycles. The number of carbonyl (C=O) groups excluding carboxylic acids is 1. The molecule has 102 valence electrons. The van der Waals surface area contributed by atoms with Gasteiger partial charge in [0, 0.05) is 5.75 Å². The van der Waals surface area contributed by atoms with Crippen LogP contribution >= 0.6 is 11.8 Å². The molecule has 1 saturated heterocycles. The molecule has 2 rings (SSSR count). The van der Waals surface area contributed by atoms with E-state index >= 15 is 0 Å². The highest BCUT2D eigenvalue weighted by Crippen LogP contribution is 2.23. The Kier molecular flexibility index (Phi) is 4.14. The third-order valence-corrected chi connectivity index (χ3v) is 4.67. The Morgan fingerprint density at radius 2 is 2.16 bits per heavy atom. The summed E-state index contributed by atoms with van der Waals surface area (Å²) >= 11 is 1.42. The molecule has 0 unspecified atom stereocenters. The number of aryl methyl sites for hydroxylation is 2. The lowest BCUT2D eigenvalue weighted by molar-refractivity contribution is -0.141. The van der Waals surface area contributed by atoms with Crippen molar-refractivity contribution in [2.75, 3.05) is 5.75 Å². The Bertz CT molecular complexity index is 515. The van der Waals surface area contributed by atoms with Crippen LogP contribution in [0.15, 0.2) is 18.2 Å². The number of aliphatic carboxylic acids is 1. The van der Waals surface area contributed by atoms with Crippen LogP contribution in [0.5, 0.6) is 0 Å². The molecule has 1 aliphatic rings. The first kappa shape index (κ1) is 13.9. The molecule has 1 amide bonds. The van der Waals surface area contributed by atoms with Crippen molar-refractivity contribution in [3.63, 3.8) is 0 Å². The van der Waals surface area contributed by atoms with Crippen molar-refractivity contribution in [1.29, 1.82) is 0 Å². The maximum Gasteiger partial charge on any atom is 0.327 e. The lowest BCUT2D eigenvalue weighted by atomic mass is 10.0. The minimum absolute atomic E-state index is 0.179. The van der Waals surface area contributed by atoms with E-state index in [1.165, 1.54) is 22.9 Å². The summed E-state index contributed by atoms with van der Waals surface area (Å²) in [6, 6.07) is 5.41. The highest BCUT2D eigenvalue weighted by Gasteiger charge is 2.32. The summed E-state index contributed by atoms with van der Waals surface area (Å²) in [7, 11) is 0. The molecule has 2 N–H and O–H groups in total. The molecule has 0 radical (unpaired) electrons. The maximum atomic E-state index is 11.9. The van der Waals surface area contributed by atoms with Gasteiger partial charge in [0.05, 0.1) is 5.25 Å². The number of amides is 1. The quantitative estimate of drug-likeness (QED) is 0.880. The Labute approximate surface area is 116 Å².